The minimum absolute atomic E-state index is 0.288. The first kappa shape index (κ1) is 15.5. The minimum atomic E-state index is 0.288. The van der Waals surface area contributed by atoms with E-state index in [1.165, 1.54) is 11.8 Å². The molecule has 0 bridgehead atoms. The van der Waals surface area contributed by atoms with Crippen molar-refractivity contribution in [1.29, 1.82) is 5.26 Å². The third-order valence-electron chi connectivity index (χ3n) is 2.98. The van der Waals surface area contributed by atoms with Crippen molar-refractivity contribution in [2.24, 2.45) is 0 Å². The summed E-state index contributed by atoms with van der Waals surface area (Å²) >= 11 is 1.27. The Labute approximate surface area is 118 Å². The van der Waals surface area contributed by atoms with Crippen molar-refractivity contribution in [1.82, 2.24) is 0 Å². The van der Waals surface area contributed by atoms with Gasteiger partial charge in [-0.1, -0.05) is 13.0 Å². The monoisotopic (exact) mass is 281 g/mol. The predicted octanol–water partition coefficient (Wildman–Crippen LogP) is 3.42. The highest BCUT2D eigenvalue weighted by Gasteiger charge is 2.19. The van der Waals surface area contributed by atoms with Gasteiger partial charge < -0.3 is 14.2 Å². The predicted molar refractivity (Wildman–Crippen MR) is 77.2 cm³/mol. The SMILES string of the molecule is COc1ccc(C(C)CCSC#N)c(OC)c1OC. The van der Waals surface area contributed by atoms with Crippen molar-refractivity contribution in [3.63, 3.8) is 0 Å². The van der Waals surface area contributed by atoms with E-state index in [1.54, 1.807) is 21.3 Å². The van der Waals surface area contributed by atoms with Gasteiger partial charge >= 0.3 is 0 Å². The molecule has 0 fully saturated rings. The van der Waals surface area contributed by atoms with Crippen molar-refractivity contribution >= 4 is 11.8 Å². The van der Waals surface area contributed by atoms with E-state index in [4.69, 9.17) is 19.5 Å². The Morgan fingerprint density at radius 3 is 2.37 bits per heavy atom. The van der Waals surface area contributed by atoms with E-state index in [0.29, 0.717) is 17.2 Å². The van der Waals surface area contributed by atoms with Crippen LogP contribution in [0.2, 0.25) is 0 Å². The molecule has 0 N–H and O–H groups in total. The summed E-state index contributed by atoms with van der Waals surface area (Å²) in [6, 6.07) is 3.87. The van der Waals surface area contributed by atoms with E-state index in [2.05, 4.69) is 12.3 Å². The quantitative estimate of drug-likeness (QED) is 0.566. The number of hydrogen-bond acceptors (Lipinski definition) is 5. The third-order valence-corrected chi connectivity index (χ3v) is 3.55. The molecule has 1 aromatic carbocycles. The van der Waals surface area contributed by atoms with Gasteiger partial charge in [0.15, 0.2) is 11.5 Å². The molecular weight excluding hydrogens is 262 g/mol. The van der Waals surface area contributed by atoms with E-state index in [9.17, 15) is 0 Å². The summed E-state index contributed by atoms with van der Waals surface area (Å²) in [6.07, 6.45) is 0.907. The second-order valence-corrected chi connectivity index (χ2v) is 4.93. The molecule has 104 valence electrons. The molecule has 0 amide bonds. The maximum absolute atomic E-state index is 8.55. The van der Waals surface area contributed by atoms with Crippen LogP contribution < -0.4 is 14.2 Å². The summed E-state index contributed by atoms with van der Waals surface area (Å²) < 4.78 is 16.1. The Bertz CT molecular complexity index is 457. The molecule has 4 nitrogen and oxygen atoms in total. The highest BCUT2D eigenvalue weighted by Crippen LogP contribution is 2.43. The topological polar surface area (TPSA) is 51.5 Å². The van der Waals surface area contributed by atoms with Crippen molar-refractivity contribution < 1.29 is 14.2 Å². The van der Waals surface area contributed by atoms with Gasteiger partial charge in [0.25, 0.3) is 0 Å². The fourth-order valence-electron chi connectivity index (χ4n) is 1.95. The summed E-state index contributed by atoms with van der Waals surface area (Å²) in [5, 5.41) is 10.6. The summed E-state index contributed by atoms with van der Waals surface area (Å²) in [7, 11) is 4.82. The summed E-state index contributed by atoms with van der Waals surface area (Å²) in [4.78, 5) is 0. The van der Waals surface area contributed by atoms with E-state index < -0.39 is 0 Å². The molecule has 1 unspecified atom stereocenters. The number of ether oxygens (including phenoxy) is 3. The van der Waals surface area contributed by atoms with Crippen LogP contribution in [0.25, 0.3) is 0 Å². The van der Waals surface area contributed by atoms with Gasteiger partial charge in [-0.2, -0.15) is 5.26 Å². The number of hydrogen-bond donors (Lipinski definition) is 0. The number of nitrogens with zero attached hydrogens (tertiary/aromatic N) is 1. The number of rotatable bonds is 7. The van der Waals surface area contributed by atoms with Gasteiger partial charge in [0, 0.05) is 11.3 Å². The zero-order chi connectivity index (χ0) is 14.3. The molecule has 0 saturated heterocycles. The molecule has 0 aliphatic carbocycles. The Balaban J connectivity index is 3.03. The molecular formula is C14H19NO3S. The Kier molecular flexibility index (Phi) is 6.37. The van der Waals surface area contributed by atoms with Crippen molar-refractivity contribution in [3.8, 4) is 22.6 Å². The average Bonchev–Trinajstić information content (AvgIpc) is 2.45. The first-order chi connectivity index (χ1) is 9.19. The largest absolute Gasteiger partial charge is 0.493 e. The molecule has 1 rings (SSSR count). The summed E-state index contributed by atoms with van der Waals surface area (Å²) in [5.41, 5.74) is 1.07. The van der Waals surface area contributed by atoms with Gasteiger partial charge in [-0.15, -0.1) is 0 Å². The Morgan fingerprint density at radius 1 is 1.16 bits per heavy atom. The van der Waals surface area contributed by atoms with Crippen LogP contribution >= 0.6 is 11.8 Å². The molecule has 19 heavy (non-hydrogen) atoms. The van der Waals surface area contributed by atoms with Crippen LogP contribution in [-0.2, 0) is 0 Å². The molecule has 0 saturated carbocycles. The molecule has 1 aromatic rings. The van der Waals surface area contributed by atoms with Crippen LogP contribution in [0.5, 0.6) is 17.2 Å². The lowest BCUT2D eigenvalue weighted by Crippen LogP contribution is -2.02. The van der Waals surface area contributed by atoms with Crippen molar-refractivity contribution in [2.75, 3.05) is 27.1 Å². The van der Waals surface area contributed by atoms with E-state index >= 15 is 0 Å². The molecule has 5 heteroatoms. The molecule has 1 atom stereocenters. The second kappa shape index (κ2) is 7.80. The number of thiocyanates is 1. The van der Waals surface area contributed by atoms with Crippen molar-refractivity contribution in [3.05, 3.63) is 17.7 Å². The maximum atomic E-state index is 8.55. The normalized spacial score (nSPS) is 11.5. The van der Waals surface area contributed by atoms with Gasteiger partial charge in [0.05, 0.1) is 21.3 Å². The average molecular weight is 281 g/mol. The maximum Gasteiger partial charge on any atom is 0.203 e. The first-order valence-corrected chi connectivity index (χ1v) is 6.97. The van der Waals surface area contributed by atoms with Gasteiger partial charge in [0.1, 0.15) is 5.40 Å². The molecule has 0 heterocycles. The number of thioether (sulfide) groups is 1. The van der Waals surface area contributed by atoms with Gasteiger partial charge in [-0.3, -0.25) is 0 Å². The highest BCUT2D eigenvalue weighted by molar-refractivity contribution is 8.03. The fourth-order valence-corrected chi connectivity index (χ4v) is 2.51. The van der Waals surface area contributed by atoms with Crippen LogP contribution in [0.1, 0.15) is 24.8 Å². The number of nitriles is 1. The zero-order valence-electron chi connectivity index (χ0n) is 11.7. The highest BCUT2D eigenvalue weighted by atomic mass is 32.2. The van der Waals surface area contributed by atoms with Crippen LogP contribution in [0.15, 0.2) is 12.1 Å². The zero-order valence-corrected chi connectivity index (χ0v) is 12.5. The van der Waals surface area contributed by atoms with E-state index in [0.717, 1.165) is 17.7 Å². The van der Waals surface area contributed by atoms with Crippen LogP contribution in [-0.4, -0.2) is 27.1 Å². The Morgan fingerprint density at radius 2 is 1.84 bits per heavy atom. The molecule has 0 spiro atoms. The first-order valence-electron chi connectivity index (χ1n) is 5.99. The van der Waals surface area contributed by atoms with Crippen LogP contribution in [0.3, 0.4) is 0 Å². The Hall–Kier alpha value is -1.54. The summed E-state index contributed by atoms with van der Waals surface area (Å²) in [5.74, 6) is 3.06. The number of benzene rings is 1. The van der Waals surface area contributed by atoms with Crippen LogP contribution in [0, 0.1) is 10.7 Å². The lowest BCUT2D eigenvalue weighted by Gasteiger charge is -2.19. The van der Waals surface area contributed by atoms with E-state index in [-0.39, 0.29) is 5.92 Å². The fraction of sp³-hybridized carbons (Fsp3) is 0.500. The van der Waals surface area contributed by atoms with Gasteiger partial charge in [-0.25, -0.2) is 0 Å². The second-order valence-electron chi connectivity index (χ2n) is 4.05. The minimum Gasteiger partial charge on any atom is -0.493 e. The number of methoxy groups -OCH3 is 3. The van der Waals surface area contributed by atoms with Gasteiger partial charge in [0.2, 0.25) is 5.75 Å². The van der Waals surface area contributed by atoms with Gasteiger partial charge in [-0.05, 0) is 30.2 Å². The van der Waals surface area contributed by atoms with Crippen LogP contribution in [0.4, 0.5) is 0 Å². The van der Waals surface area contributed by atoms with E-state index in [1.807, 2.05) is 12.1 Å². The molecule has 0 aromatic heterocycles. The summed E-state index contributed by atoms with van der Waals surface area (Å²) in [6.45, 7) is 2.11. The third kappa shape index (κ3) is 3.71. The smallest absolute Gasteiger partial charge is 0.203 e. The lowest BCUT2D eigenvalue weighted by molar-refractivity contribution is 0.321. The molecule has 0 aliphatic heterocycles. The lowest BCUT2D eigenvalue weighted by atomic mass is 9.97. The van der Waals surface area contributed by atoms with Crippen molar-refractivity contribution in [2.45, 2.75) is 19.3 Å². The standard InChI is InChI=1S/C14H19NO3S/c1-10(7-8-19-9-15)11-5-6-12(16-2)14(18-4)13(11)17-3/h5-6,10H,7-8H2,1-4H3. The molecule has 0 aliphatic rings. The molecule has 0 radical (unpaired) electrons.